The van der Waals surface area contributed by atoms with Crippen LogP contribution in [0, 0.1) is 18.7 Å². The van der Waals surface area contributed by atoms with Crippen LogP contribution in [0.5, 0.6) is 0 Å². The largest absolute Gasteiger partial charge is 0.389 e. The third-order valence-corrected chi connectivity index (χ3v) is 4.43. The van der Waals surface area contributed by atoms with E-state index in [9.17, 15) is 9.50 Å². The van der Waals surface area contributed by atoms with E-state index in [1.807, 2.05) is 86.5 Å². The first-order chi connectivity index (χ1) is 16.5. The molecule has 2 atom stereocenters. The number of likely N-dealkylation sites (N-methyl/N-ethyl adjacent to an activating group) is 1. The number of ether oxygens (including phenoxy) is 1. The maximum absolute atomic E-state index is 13.6. The minimum atomic E-state index is -0.640. The summed E-state index contributed by atoms with van der Waals surface area (Å²) in [6.07, 6.45) is 28.2. The smallest absolute Gasteiger partial charge is 0.123 e. The second-order valence-electron chi connectivity index (χ2n) is 6.99. The van der Waals surface area contributed by atoms with Gasteiger partial charge in [0.1, 0.15) is 5.82 Å². The summed E-state index contributed by atoms with van der Waals surface area (Å²) in [6, 6.07) is 6.15. The van der Waals surface area contributed by atoms with Crippen molar-refractivity contribution >= 4 is 0 Å². The minimum Gasteiger partial charge on any atom is -0.389 e. The molecule has 5 heteroatoms. The van der Waals surface area contributed by atoms with Crippen molar-refractivity contribution in [1.29, 1.82) is 0 Å². The number of terminal acetylenes is 1. The van der Waals surface area contributed by atoms with Gasteiger partial charge in [-0.05, 0) is 58.1 Å². The standard InChI is InChI=1S/C18H23FN2O.C5H10O.C4H8.C2H2/c1-20-14-17(22)18(15-9-8-10-16(19)13-15)21-11-6-4-2-3-5-7-12-21;1-3-4-5-6-2;1-3-4-2;1-2/h2-4,6-10,12-13,17-18,20,22H,5,11,14H2,1H3;3-4H,5H2,1-2H3;3-4H,1-2H3;1-2H/b3-2-,6-4-,12-7-;4-3+;4-3-;/t17-,18+;;;/m1.../s1. The summed E-state index contributed by atoms with van der Waals surface area (Å²) in [5.74, 6) is -0.287. The van der Waals surface area contributed by atoms with Crippen molar-refractivity contribution in [2.75, 3.05) is 33.9 Å². The molecule has 1 aromatic rings. The Balaban J connectivity index is 0. The van der Waals surface area contributed by atoms with Gasteiger partial charge in [-0.15, -0.1) is 12.8 Å². The Morgan fingerprint density at radius 3 is 2.32 bits per heavy atom. The Morgan fingerprint density at radius 2 is 1.79 bits per heavy atom. The lowest BCUT2D eigenvalue weighted by Crippen LogP contribution is -2.38. The summed E-state index contributed by atoms with van der Waals surface area (Å²) in [5, 5.41) is 13.5. The first kappa shape index (κ1) is 33.3. The van der Waals surface area contributed by atoms with Crippen LogP contribution in [-0.2, 0) is 4.74 Å². The Morgan fingerprint density at radius 1 is 1.12 bits per heavy atom. The van der Waals surface area contributed by atoms with Crippen LogP contribution in [0.3, 0.4) is 0 Å². The van der Waals surface area contributed by atoms with Crippen LogP contribution in [0.15, 0.2) is 85.1 Å². The highest BCUT2D eigenvalue weighted by molar-refractivity contribution is 5.23. The van der Waals surface area contributed by atoms with Crippen LogP contribution in [0.25, 0.3) is 0 Å². The molecule has 4 nitrogen and oxygen atoms in total. The number of nitrogens with zero attached hydrogens (tertiary/aromatic N) is 1. The van der Waals surface area contributed by atoms with Gasteiger partial charge in [-0.3, -0.25) is 0 Å². The number of benzene rings is 1. The van der Waals surface area contributed by atoms with Crippen LogP contribution in [0.2, 0.25) is 0 Å². The van der Waals surface area contributed by atoms with Gasteiger partial charge in [0, 0.05) is 20.2 Å². The predicted octanol–water partition coefficient (Wildman–Crippen LogP) is 5.82. The summed E-state index contributed by atoms with van der Waals surface area (Å²) >= 11 is 0. The van der Waals surface area contributed by atoms with Crippen molar-refractivity contribution in [3.8, 4) is 12.8 Å². The number of methoxy groups -OCH3 is 1. The van der Waals surface area contributed by atoms with Gasteiger partial charge in [-0.2, -0.15) is 0 Å². The van der Waals surface area contributed by atoms with E-state index in [1.54, 1.807) is 20.2 Å². The van der Waals surface area contributed by atoms with Crippen molar-refractivity contribution in [1.82, 2.24) is 10.2 Å². The fourth-order valence-electron chi connectivity index (χ4n) is 2.80. The molecule has 0 aromatic heterocycles. The van der Waals surface area contributed by atoms with E-state index in [1.165, 1.54) is 12.1 Å². The second kappa shape index (κ2) is 24.7. The molecule has 0 fully saturated rings. The van der Waals surface area contributed by atoms with Gasteiger partial charge in [-0.25, -0.2) is 4.39 Å². The second-order valence-corrected chi connectivity index (χ2v) is 6.99. The molecular weight excluding hydrogens is 427 g/mol. The minimum absolute atomic E-state index is 0.287. The van der Waals surface area contributed by atoms with Crippen LogP contribution in [-0.4, -0.2) is 50.0 Å². The first-order valence-corrected chi connectivity index (χ1v) is 11.4. The zero-order valence-corrected chi connectivity index (χ0v) is 21.4. The average Bonchev–Trinajstić information content (AvgIpc) is 2.99. The highest BCUT2D eigenvalue weighted by atomic mass is 19.1. The van der Waals surface area contributed by atoms with Crippen molar-refractivity contribution in [2.45, 2.75) is 39.3 Å². The number of halogens is 1. The Hall–Kier alpha value is -2.91. The summed E-state index contributed by atoms with van der Waals surface area (Å²) in [5.41, 5.74) is 0.771. The molecule has 2 rings (SSSR count). The summed E-state index contributed by atoms with van der Waals surface area (Å²) in [4.78, 5) is 2.04. The van der Waals surface area contributed by atoms with Crippen LogP contribution >= 0.6 is 0 Å². The fraction of sp³-hybridized carbons (Fsp3) is 0.379. The van der Waals surface area contributed by atoms with E-state index in [0.29, 0.717) is 13.1 Å². The topological polar surface area (TPSA) is 44.7 Å². The van der Waals surface area contributed by atoms with Gasteiger partial charge in [0.15, 0.2) is 0 Å². The zero-order chi connectivity index (χ0) is 26.0. The van der Waals surface area contributed by atoms with E-state index in [4.69, 9.17) is 4.74 Å². The van der Waals surface area contributed by atoms with Gasteiger partial charge in [0.25, 0.3) is 0 Å². The summed E-state index contributed by atoms with van der Waals surface area (Å²) < 4.78 is 18.3. The third-order valence-electron chi connectivity index (χ3n) is 4.43. The molecule has 0 radical (unpaired) electrons. The number of allylic oxidation sites excluding steroid dienone is 7. The van der Waals surface area contributed by atoms with Crippen molar-refractivity contribution in [2.24, 2.45) is 0 Å². The van der Waals surface area contributed by atoms with Gasteiger partial charge < -0.3 is 20.1 Å². The normalized spacial score (nSPS) is 17.3. The van der Waals surface area contributed by atoms with Gasteiger partial charge in [0.2, 0.25) is 0 Å². The molecule has 2 N–H and O–H groups in total. The molecule has 1 aliphatic rings. The lowest BCUT2D eigenvalue weighted by atomic mass is 9.99. The molecule has 0 aliphatic carbocycles. The lowest BCUT2D eigenvalue weighted by molar-refractivity contribution is 0.0794. The molecule has 0 unspecified atom stereocenters. The fourth-order valence-corrected chi connectivity index (χ4v) is 2.80. The van der Waals surface area contributed by atoms with Crippen molar-refractivity contribution < 1.29 is 14.2 Å². The van der Waals surface area contributed by atoms with E-state index >= 15 is 0 Å². The maximum Gasteiger partial charge on any atom is 0.123 e. The predicted molar refractivity (Wildman–Crippen MR) is 145 cm³/mol. The SMILES string of the molecule is C#C.C/C=C/COC.C/C=C\C.CNC[C@@H](O)[C@H](c1cccc(F)c1)N1/C=C\C/C=C\C=C/C1. The molecule has 0 spiro atoms. The number of aliphatic hydroxyl groups excluding tert-OH is 1. The van der Waals surface area contributed by atoms with Gasteiger partial charge >= 0.3 is 0 Å². The molecule has 0 saturated heterocycles. The van der Waals surface area contributed by atoms with E-state index < -0.39 is 6.10 Å². The van der Waals surface area contributed by atoms with Crippen LogP contribution in [0.1, 0.15) is 38.8 Å². The maximum atomic E-state index is 13.6. The number of hydrogen-bond donors (Lipinski definition) is 2. The highest BCUT2D eigenvalue weighted by Crippen LogP contribution is 2.26. The Labute approximate surface area is 207 Å². The third kappa shape index (κ3) is 16.7. The molecule has 0 amide bonds. The van der Waals surface area contributed by atoms with Crippen molar-refractivity contribution in [3.05, 3.63) is 96.5 Å². The number of hydrogen-bond acceptors (Lipinski definition) is 4. The van der Waals surface area contributed by atoms with Gasteiger partial charge in [-0.1, -0.05) is 66.8 Å². The van der Waals surface area contributed by atoms with E-state index in [2.05, 4.69) is 24.2 Å². The molecule has 0 bridgehead atoms. The number of nitrogens with one attached hydrogen (secondary N) is 1. The molecule has 1 aromatic carbocycles. The molecule has 34 heavy (non-hydrogen) atoms. The molecule has 1 aliphatic heterocycles. The quantitative estimate of drug-likeness (QED) is 0.389. The first-order valence-electron chi connectivity index (χ1n) is 11.4. The Kier molecular flexibility index (Phi) is 24.2. The molecule has 1 heterocycles. The summed E-state index contributed by atoms with van der Waals surface area (Å²) in [6.45, 7) is 7.80. The van der Waals surface area contributed by atoms with Crippen LogP contribution < -0.4 is 5.32 Å². The van der Waals surface area contributed by atoms with Crippen molar-refractivity contribution in [3.63, 3.8) is 0 Å². The monoisotopic (exact) mass is 470 g/mol. The number of rotatable bonds is 7. The highest BCUT2D eigenvalue weighted by Gasteiger charge is 2.25. The zero-order valence-electron chi connectivity index (χ0n) is 21.4. The van der Waals surface area contributed by atoms with Crippen LogP contribution in [0.4, 0.5) is 4.39 Å². The molecule has 188 valence electrons. The lowest BCUT2D eigenvalue weighted by Gasteiger charge is -2.34. The molecule has 0 saturated carbocycles. The number of aliphatic hydroxyl groups is 1. The van der Waals surface area contributed by atoms with E-state index in [-0.39, 0.29) is 11.9 Å². The molecular formula is C29H43FN2O2. The van der Waals surface area contributed by atoms with E-state index in [0.717, 1.165) is 18.6 Å². The average molecular weight is 471 g/mol. The Bertz CT molecular complexity index is 762. The van der Waals surface area contributed by atoms with Gasteiger partial charge in [0.05, 0.1) is 18.8 Å². The summed E-state index contributed by atoms with van der Waals surface area (Å²) in [7, 11) is 3.48.